The van der Waals surface area contributed by atoms with Crippen molar-refractivity contribution in [1.29, 1.82) is 0 Å². The van der Waals surface area contributed by atoms with Gasteiger partial charge in [0.15, 0.2) is 5.11 Å². The van der Waals surface area contributed by atoms with Gasteiger partial charge in [0.25, 0.3) is 0 Å². The van der Waals surface area contributed by atoms with Gasteiger partial charge in [0, 0.05) is 17.3 Å². The predicted octanol–water partition coefficient (Wildman–Crippen LogP) is 3.16. The summed E-state index contributed by atoms with van der Waals surface area (Å²) in [4.78, 5) is 14.4. The molecule has 0 saturated heterocycles. The lowest BCUT2D eigenvalue weighted by atomic mass is 9.94. The molecule has 1 aliphatic rings. The Morgan fingerprint density at radius 3 is 2.67 bits per heavy atom. The first-order chi connectivity index (χ1) is 11.4. The molecule has 1 aromatic carbocycles. The lowest BCUT2D eigenvalue weighted by molar-refractivity contribution is -0.136. The van der Waals surface area contributed by atoms with Crippen LogP contribution in [0.25, 0.3) is 0 Å². The molecule has 0 aliphatic carbocycles. The average molecular weight is 413 g/mol. The first-order valence-corrected chi connectivity index (χ1v) is 8.74. The molecule has 0 fully saturated rings. The van der Waals surface area contributed by atoms with E-state index < -0.39 is 0 Å². The molecule has 2 atom stereocenters. The van der Waals surface area contributed by atoms with Crippen LogP contribution in [0.5, 0.6) is 0 Å². The molecule has 2 rings (SSSR count). The van der Waals surface area contributed by atoms with Gasteiger partial charge in [0.1, 0.15) is 0 Å². The highest BCUT2D eigenvalue weighted by molar-refractivity contribution is 9.10. The minimum Gasteiger partial charge on any atom is -0.466 e. The summed E-state index contributed by atoms with van der Waals surface area (Å²) in [5.74, 6) is -0.377. The molecule has 0 amide bonds. The molecule has 1 N–H and O–H groups in total. The van der Waals surface area contributed by atoms with Crippen molar-refractivity contribution < 1.29 is 14.3 Å². The fourth-order valence-corrected chi connectivity index (χ4v) is 3.87. The zero-order chi connectivity index (χ0) is 17.9. The number of esters is 1. The van der Waals surface area contributed by atoms with E-state index in [1.54, 1.807) is 7.11 Å². The van der Waals surface area contributed by atoms with Crippen LogP contribution in [0.4, 0.5) is 0 Å². The summed E-state index contributed by atoms with van der Waals surface area (Å²) in [6, 6.07) is 7.37. The minimum absolute atomic E-state index is 0.00480. The Labute approximate surface area is 156 Å². The molecule has 5 nitrogen and oxygen atoms in total. The maximum Gasteiger partial charge on any atom is 0.337 e. The number of allylic oxidation sites excluding steroid dienone is 1. The Hall–Kier alpha value is -1.44. The van der Waals surface area contributed by atoms with Crippen LogP contribution in [-0.2, 0) is 14.3 Å². The number of carbonyl (C=O) groups is 1. The molecule has 0 saturated carbocycles. The van der Waals surface area contributed by atoms with Crippen molar-refractivity contribution in [3.8, 4) is 0 Å². The lowest BCUT2D eigenvalue weighted by Gasteiger charge is -2.40. The van der Waals surface area contributed by atoms with Gasteiger partial charge < -0.3 is 19.7 Å². The Kier molecular flexibility index (Phi) is 6.37. The third-order valence-corrected chi connectivity index (χ3v) is 5.03. The summed E-state index contributed by atoms with van der Waals surface area (Å²) in [5.41, 5.74) is 2.25. The molecule has 24 heavy (non-hydrogen) atoms. The number of nitrogens with one attached hydrogen (secondary N) is 1. The summed E-state index contributed by atoms with van der Waals surface area (Å²) in [6.45, 7) is 4.37. The van der Waals surface area contributed by atoms with Crippen molar-refractivity contribution in [2.75, 3.05) is 20.8 Å². The summed E-state index contributed by atoms with van der Waals surface area (Å²) in [7, 11) is 3.02. The van der Waals surface area contributed by atoms with Crippen LogP contribution < -0.4 is 5.32 Å². The van der Waals surface area contributed by atoms with E-state index in [4.69, 9.17) is 21.7 Å². The third kappa shape index (κ3) is 3.63. The van der Waals surface area contributed by atoms with E-state index in [0.717, 1.165) is 15.7 Å². The van der Waals surface area contributed by atoms with Gasteiger partial charge in [-0.1, -0.05) is 34.1 Å². The number of ether oxygens (including phenoxy) is 2. The second kappa shape index (κ2) is 8.09. The maximum absolute atomic E-state index is 12.5. The van der Waals surface area contributed by atoms with E-state index in [1.807, 2.05) is 43.0 Å². The zero-order valence-electron chi connectivity index (χ0n) is 14.1. The molecule has 0 aromatic heterocycles. The van der Waals surface area contributed by atoms with E-state index in [1.165, 1.54) is 7.11 Å². The quantitative estimate of drug-likeness (QED) is 0.591. The van der Waals surface area contributed by atoms with Crippen molar-refractivity contribution >= 4 is 39.2 Å². The largest absolute Gasteiger partial charge is 0.466 e. The van der Waals surface area contributed by atoms with Crippen LogP contribution in [-0.4, -0.2) is 42.8 Å². The van der Waals surface area contributed by atoms with Crippen molar-refractivity contribution in [2.24, 2.45) is 0 Å². The first-order valence-electron chi connectivity index (χ1n) is 7.54. The molecular formula is C17H21BrN2O3S. The molecule has 130 valence electrons. The molecule has 0 radical (unpaired) electrons. The standard InChI is InChI=1S/C17H21BrN2O3S/c1-10(9-22-3)20-11(2)14(16(21)23-4)15(19-17(20)24)12-7-5-6-8-13(12)18/h5-8,10,15H,9H2,1-4H3,(H,19,24)/t10-,15-/m0/s1. The van der Waals surface area contributed by atoms with Crippen LogP contribution >= 0.6 is 28.1 Å². The highest BCUT2D eigenvalue weighted by Gasteiger charge is 2.36. The molecule has 1 aliphatic heterocycles. The Morgan fingerprint density at radius 1 is 1.42 bits per heavy atom. The van der Waals surface area contributed by atoms with E-state index in [2.05, 4.69) is 21.2 Å². The number of hydrogen-bond acceptors (Lipinski definition) is 4. The number of halogens is 1. The van der Waals surface area contributed by atoms with Gasteiger partial charge in [-0.25, -0.2) is 4.79 Å². The Morgan fingerprint density at radius 2 is 2.08 bits per heavy atom. The highest BCUT2D eigenvalue weighted by atomic mass is 79.9. The van der Waals surface area contributed by atoms with Gasteiger partial charge in [-0.15, -0.1) is 0 Å². The average Bonchev–Trinajstić information content (AvgIpc) is 2.54. The number of carbonyl (C=O) groups excluding carboxylic acids is 1. The Balaban J connectivity index is 2.56. The van der Waals surface area contributed by atoms with E-state index >= 15 is 0 Å². The van der Waals surface area contributed by atoms with E-state index in [-0.39, 0.29) is 18.1 Å². The third-order valence-electron chi connectivity index (χ3n) is 4.00. The van der Waals surface area contributed by atoms with Gasteiger partial charge in [0.2, 0.25) is 0 Å². The molecular weight excluding hydrogens is 392 g/mol. The summed E-state index contributed by atoms with van der Waals surface area (Å²) < 4.78 is 11.2. The summed E-state index contributed by atoms with van der Waals surface area (Å²) >= 11 is 9.10. The summed E-state index contributed by atoms with van der Waals surface area (Å²) in [5, 5.41) is 3.83. The van der Waals surface area contributed by atoms with Crippen molar-refractivity contribution in [1.82, 2.24) is 10.2 Å². The lowest BCUT2D eigenvalue weighted by Crippen LogP contribution is -2.52. The second-order valence-corrected chi connectivity index (χ2v) is 6.81. The number of nitrogens with zero attached hydrogens (tertiary/aromatic N) is 1. The minimum atomic E-state index is -0.377. The van der Waals surface area contributed by atoms with E-state index in [0.29, 0.717) is 17.3 Å². The van der Waals surface area contributed by atoms with Gasteiger partial charge in [-0.2, -0.15) is 0 Å². The first kappa shape index (κ1) is 18.9. The van der Waals surface area contributed by atoms with Crippen LogP contribution in [0.3, 0.4) is 0 Å². The highest BCUT2D eigenvalue weighted by Crippen LogP contribution is 2.35. The molecule has 0 bridgehead atoms. The van der Waals surface area contributed by atoms with Crippen LogP contribution in [0.15, 0.2) is 40.0 Å². The Bertz CT molecular complexity index is 678. The van der Waals surface area contributed by atoms with Gasteiger partial charge in [-0.3, -0.25) is 0 Å². The van der Waals surface area contributed by atoms with Crippen LogP contribution in [0.1, 0.15) is 25.5 Å². The number of benzene rings is 1. The SMILES string of the molecule is COC[C@H](C)N1C(=S)N[C@@H](c2ccccc2Br)C(C(=O)OC)=C1C. The van der Waals surface area contributed by atoms with Crippen molar-refractivity contribution in [2.45, 2.75) is 25.9 Å². The van der Waals surface area contributed by atoms with Crippen molar-refractivity contribution in [3.63, 3.8) is 0 Å². The fraction of sp³-hybridized carbons (Fsp3) is 0.412. The normalized spacial score (nSPS) is 19.1. The zero-order valence-corrected chi connectivity index (χ0v) is 16.5. The van der Waals surface area contributed by atoms with Gasteiger partial charge in [-0.05, 0) is 37.7 Å². The monoisotopic (exact) mass is 412 g/mol. The smallest absolute Gasteiger partial charge is 0.337 e. The van der Waals surface area contributed by atoms with Crippen molar-refractivity contribution in [3.05, 3.63) is 45.6 Å². The number of rotatable bonds is 5. The number of thiocarbonyl (C=S) groups is 1. The molecule has 0 spiro atoms. The number of methoxy groups -OCH3 is 2. The van der Waals surface area contributed by atoms with Gasteiger partial charge in [0.05, 0.1) is 31.4 Å². The topological polar surface area (TPSA) is 50.8 Å². The molecule has 0 unspecified atom stereocenters. The molecule has 1 aromatic rings. The molecule has 7 heteroatoms. The fourth-order valence-electron chi connectivity index (χ4n) is 2.92. The van der Waals surface area contributed by atoms with E-state index in [9.17, 15) is 4.79 Å². The second-order valence-electron chi connectivity index (χ2n) is 5.57. The molecule has 1 heterocycles. The van der Waals surface area contributed by atoms with Gasteiger partial charge >= 0.3 is 5.97 Å². The maximum atomic E-state index is 12.5. The van der Waals surface area contributed by atoms with Crippen LogP contribution in [0.2, 0.25) is 0 Å². The van der Waals surface area contributed by atoms with Crippen LogP contribution in [0, 0.1) is 0 Å². The predicted molar refractivity (Wildman–Crippen MR) is 101 cm³/mol. The number of hydrogen-bond donors (Lipinski definition) is 1. The summed E-state index contributed by atoms with van der Waals surface area (Å²) in [6.07, 6.45) is 0.